The minimum absolute atomic E-state index is 0.251. The molecule has 0 aromatic heterocycles. The number of rotatable bonds is 4. The van der Waals surface area contributed by atoms with Gasteiger partial charge in [0.15, 0.2) is 5.60 Å². The van der Waals surface area contributed by atoms with Crippen molar-refractivity contribution in [3.63, 3.8) is 0 Å². The Morgan fingerprint density at radius 2 is 2.00 bits per heavy atom. The smallest absolute Gasteiger partial charge is 0.384 e. The first-order valence-corrected chi connectivity index (χ1v) is 6.26. The Hall–Kier alpha value is -0.330. The van der Waals surface area contributed by atoms with Crippen molar-refractivity contribution in [1.29, 1.82) is 0 Å². The molecule has 2 atom stereocenters. The zero-order chi connectivity index (χ0) is 13.8. The van der Waals surface area contributed by atoms with Crippen molar-refractivity contribution in [2.24, 2.45) is 5.92 Å². The predicted octanol–water partition coefficient (Wildman–Crippen LogP) is 2.05. The lowest BCUT2D eigenvalue weighted by molar-refractivity contribution is -0.257. The van der Waals surface area contributed by atoms with Gasteiger partial charge in [-0.05, 0) is 32.2 Å². The highest BCUT2D eigenvalue weighted by Gasteiger charge is 2.50. The van der Waals surface area contributed by atoms with Gasteiger partial charge in [-0.2, -0.15) is 13.2 Å². The molecule has 1 fully saturated rings. The van der Waals surface area contributed by atoms with Crippen LogP contribution in [0, 0.1) is 5.92 Å². The number of likely N-dealkylation sites (tertiary alicyclic amines) is 1. The summed E-state index contributed by atoms with van der Waals surface area (Å²) in [5.74, 6) is 0.251. The van der Waals surface area contributed by atoms with E-state index in [-0.39, 0.29) is 12.5 Å². The number of hydrogen-bond acceptors (Lipinski definition) is 3. The van der Waals surface area contributed by atoms with Gasteiger partial charge in [0, 0.05) is 20.2 Å². The van der Waals surface area contributed by atoms with Gasteiger partial charge in [-0.1, -0.05) is 6.42 Å². The lowest BCUT2D eigenvalue weighted by atomic mass is 10.0. The Balaban J connectivity index is 2.59. The Morgan fingerprint density at radius 3 is 2.56 bits per heavy atom. The molecule has 1 heterocycles. The molecule has 2 unspecified atom stereocenters. The zero-order valence-corrected chi connectivity index (χ0v) is 11.0. The second-order valence-electron chi connectivity index (χ2n) is 5.32. The highest BCUT2D eigenvalue weighted by Crippen LogP contribution is 2.31. The molecule has 1 aliphatic heterocycles. The molecule has 6 heteroatoms. The first-order valence-electron chi connectivity index (χ1n) is 6.26. The highest BCUT2D eigenvalue weighted by atomic mass is 19.4. The fourth-order valence-corrected chi connectivity index (χ4v) is 2.36. The van der Waals surface area contributed by atoms with Gasteiger partial charge in [-0.25, -0.2) is 0 Å². The van der Waals surface area contributed by atoms with Gasteiger partial charge >= 0.3 is 6.18 Å². The number of hydrogen-bond donors (Lipinski definition) is 1. The number of alkyl halides is 3. The summed E-state index contributed by atoms with van der Waals surface area (Å²) >= 11 is 0. The van der Waals surface area contributed by atoms with Crippen molar-refractivity contribution in [2.75, 3.05) is 33.4 Å². The van der Waals surface area contributed by atoms with E-state index in [9.17, 15) is 18.3 Å². The standard InChI is InChI=1S/C12H22F3NO2/c1-11(17,12(13,14)15)9-16-6-4-3-5-10(7-16)8-18-2/h10,17H,3-9H2,1-2H3. The van der Waals surface area contributed by atoms with Crippen LogP contribution in [0.25, 0.3) is 0 Å². The molecular weight excluding hydrogens is 247 g/mol. The van der Waals surface area contributed by atoms with Gasteiger partial charge in [-0.15, -0.1) is 0 Å². The molecule has 0 spiro atoms. The van der Waals surface area contributed by atoms with E-state index >= 15 is 0 Å². The van der Waals surface area contributed by atoms with Gasteiger partial charge < -0.3 is 9.84 Å². The topological polar surface area (TPSA) is 32.7 Å². The van der Waals surface area contributed by atoms with Crippen LogP contribution in [-0.4, -0.2) is 55.1 Å². The number of nitrogens with zero attached hydrogens (tertiary/aromatic N) is 1. The Kier molecular flexibility index (Phi) is 5.43. The third-order valence-corrected chi connectivity index (χ3v) is 3.40. The van der Waals surface area contributed by atoms with Crippen molar-refractivity contribution in [1.82, 2.24) is 4.90 Å². The van der Waals surface area contributed by atoms with Crippen molar-refractivity contribution >= 4 is 0 Å². The molecule has 0 aliphatic carbocycles. The van der Waals surface area contributed by atoms with Crippen molar-refractivity contribution in [3.8, 4) is 0 Å². The van der Waals surface area contributed by atoms with Crippen LogP contribution >= 0.6 is 0 Å². The average Bonchev–Trinajstić information content (AvgIpc) is 2.41. The summed E-state index contributed by atoms with van der Waals surface area (Å²) in [6, 6.07) is 0. The molecule has 3 nitrogen and oxygen atoms in total. The minimum Gasteiger partial charge on any atom is -0.384 e. The van der Waals surface area contributed by atoms with E-state index in [1.54, 1.807) is 12.0 Å². The van der Waals surface area contributed by atoms with E-state index in [1.165, 1.54) is 0 Å². The molecule has 0 aromatic carbocycles. The van der Waals surface area contributed by atoms with Crippen LogP contribution < -0.4 is 0 Å². The number of β-amino-alcohol motifs (C(OH)–C–C–N with tert-alkyl or cyclic N) is 1. The maximum Gasteiger partial charge on any atom is 0.418 e. The fraction of sp³-hybridized carbons (Fsp3) is 1.00. The highest BCUT2D eigenvalue weighted by molar-refractivity contribution is 4.86. The third kappa shape index (κ3) is 4.40. The van der Waals surface area contributed by atoms with Crippen molar-refractivity contribution in [3.05, 3.63) is 0 Å². The summed E-state index contributed by atoms with van der Waals surface area (Å²) in [4.78, 5) is 1.70. The maximum atomic E-state index is 12.6. The second-order valence-corrected chi connectivity index (χ2v) is 5.32. The first kappa shape index (κ1) is 15.7. The quantitative estimate of drug-likeness (QED) is 0.848. The largest absolute Gasteiger partial charge is 0.418 e. The zero-order valence-electron chi connectivity index (χ0n) is 11.0. The molecule has 108 valence electrons. The lowest BCUT2D eigenvalue weighted by Gasteiger charge is -2.33. The van der Waals surface area contributed by atoms with E-state index in [0.29, 0.717) is 19.7 Å². The van der Waals surface area contributed by atoms with Crippen LogP contribution in [0.15, 0.2) is 0 Å². The average molecular weight is 269 g/mol. The fourth-order valence-electron chi connectivity index (χ4n) is 2.36. The molecule has 1 saturated heterocycles. The summed E-state index contributed by atoms with van der Waals surface area (Å²) in [5, 5.41) is 9.51. The van der Waals surface area contributed by atoms with Gasteiger partial charge in [-0.3, -0.25) is 4.90 Å². The summed E-state index contributed by atoms with van der Waals surface area (Å²) in [5.41, 5.74) is -2.64. The van der Waals surface area contributed by atoms with Crippen molar-refractivity contribution < 1.29 is 23.0 Å². The van der Waals surface area contributed by atoms with Gasteiger partial charge in [0.05, 0.1) is 6.61 Å². The molecule has 1 rings (SSSR count). The molecule has 1 aliphatic rings. The normalized spacial score (nSPS) is 26.7. The Labute approximate surface area is 106 Å². The number of aliphatic hydroxyl groups is 1. The van der Waals surface area contributed by atoms with E-state index < -0.39 is 11.8 Å². The second kappa shape index (κ2) is 6.21. The molecule has 0 saturated carbocycles. The predicted molar refractivity (Wildman–Crippen MR) is 62.3 cm³/mol. The van der Waals surface area contributed by atoms with Crippen LogP contribution in [0.3, 0.4) is 0 Å². The summed E-state index contributed by atoms with van der Waals surface area (Å²) in [6.07, 6.45) is -1.75. The van der Waals surface area contributed by atoms with E-state index in [0.717, 1.165) is 26.2 Å². The number of halogens is 3. The van der Waals surface area contributed by atoms with Gasteiger partial charge in [0.1, 0.15) is 0 Å². The lowest BCUT2D eigenvalue weighted by Crippen LogP contribution is -2.52. The molecule has 0 amide bonds. The van der Waals surface area contributed by atoms with Crippen LogP contribution in [0.2, 0.25) is 0 Å². The monoisotopic (exact) mass is 269 g/mol. The molecule has 0 bridgehead atoms. The number of ether oxygens (including phenoxy) is 1. The maximum absolute atomic E-state index is 12.6. The molecule has 1 N–H and O–H groups in total. The van der Waals surface area contributed by atoms with E-state index in [1.807, 2.05) is 0 Å². The SMILES string of the molecule is COCC1CCCCN(CC(C)(O)C(F)(F)F)C1. The van der Waals surface area contributed by atoms with Gasteiger partial charge in [0.2, 0.25) is 0 Å². The van der Waals surface area contributed by atoms with Crippen molar-refractivity contribution in [2.45, 2.75) is 38.0 Å². The summed E-state index contributed by atoms with van der Waals surface area (Å²) < 4.78 is 43.0. The molecular formula is C12H22F3NO2. The van der Waals surface area contributed by atoms with E-state index in [2.05, 4.69) is 0 Å². The Bertz CT molecular complexity index is 256. The van der Waals surface area contributed by atoms with Gasteiger partial charge in [0.25, 0.3) is 0 Å². The minimum atomic E-state index is -4.59. The van der Waals surface area contributed by atoms with Crippen LogP contribution in [0.5, 0.6) is 0 Å². The summed E-state index contributed by atoms with van der Waals surface area (Å²) in [6.45, 7) is 2.19. The molecule has 0 radical (unpaired) electrons. The Morgan fingerprint density at radius 1 is 1.33 bits per heavy atom. The van der Waals surface area contributed by atoms with Crippen LogP contribution in [-0.2, 0) is 4.74 Å². The molecule has 0 aromatic rings. The van der Waals surface area contributed by atoms with E-state index in [4.69, 9.17) is 4.74 Å². The summed E-state index contributed by atoms with van der Waals surface area (Å²) in [7, 11) is 1.60. The van der Waals surface area contributed by atoms with Crippen LogP contribution in [0.1, 0.15) is 26.2 Å². The molecule has 18 heavy (non-hydrogen) atoms. The first-order chi connectivity index (χ1) is 8.26. The van der Waals surface area contributed by atoms with Crippen LogP contribution in [0.4, 0.5) is 13.2 Å². The number of methoxy groups -OCH3 is 1. The third-order valence-electron chi connectivity index (χ3n) is 3.40.